The van der Waals surface area contributed by atoms with Gasteiger partial charge in [-0.25, -0.2) is 8.78 Å². The van der Waals surface area contributed by atoms with Crippen LogP contribution in [-0.2, 0) is 6.54 Å². The predicted molar refractivity (Wildman–Crippen MR) is 79.2 cm³/mol. The van der Waals surface area contributed by atoms with Crippen LogP contribution in [0.3, 0.4) is 0 Å². The Morgan fingerprint density at radius 3 is 2.96 bits per heavy atom. The number of thioether (sulfide) groups is 1. The summed E-state index contributed by atoms with van der Waals surface area (Å²) in [4.78, 5) is 12.0. The topological polar surface area (TPSA) is 60.9 Å². The Kier molecular flexibility index (Phi) is 4.52. The van der Waals surface area contributed by atoms with E-state index >= 15 is 0 Å². The molecule has 23 heavy (non-hydrogen) atoms. The van der Waals surface area contributed by atoms with E-state index in [9.17, 15) is 13.6 Å². The molecule has 0 unspecified atom stereocenters. The molecule has 0 aliphatic rings. The van der Waals surface area contributed by atoms with Crippen LogP contribution in [0.25, 0.3) is 0 Å². The fourth-order valence-corrected chi connectivity index (χ4v) is 2.75. The van der Waals surface area contributed by atoms with Crippen molar-refractivity contribution >= 4 is 17.5 Å². The van der Waals surface area contributed by atoms with E-state index in [0.29, 0.717) is 17.5 Å². The first-order valence-corrected chi connectivity index (χ1v) is 7.63. The number of aromatic nitrogens is 3. The molecule has 5 nitrogen and oxygen atoms in total. The van der Waals surface area contributed by atoms with Crippen LogP contribution in [-0.4, -0.2) is 26.3 Å². The molecular formula is C15H11F2N3O2S. The van der Waals surface area contributed by atoms with Gasteiger partial charge < -0.3 is 8.98 Å². The zero-order valence-corrected chi connectivity index (χ0v) is 12.6. The van der Waals surface area contributed by atoms with Crippen molar-refractivity contribution in [1.29, 1.82) is 0 Å². The molecule has 0 saturated heterocycles. The van der Waals surface area contributed by atoms with Gasteiger partial charge in [0.05, 0.1) is 24.1 Å². The van der Waals surface area contributed by atoms with Crippen molar-refractivity contribution in [3.8, 4) is 0 Å². The van der Waals surface area contributed by atoms with Gasteiger partial charge in [0.25, 0.3) is 0 Å². The standard InChI is InChI=1S/C15H11F2N3O2S/c16-10-3-4-13(17)12(6-10)14(21)8-23-15-19-18-9-20(15)7-11-2-1-5-22-11/h1-6,9H,7-8H2. The second-order valence-electron chi connectivity index (χ2n) is 4.66. The minimum absolute atomic E-state index is 0.0722. The number of carbonyl (C=O) groups excluding carboxylic acids is 1. The van der Waals surface area contributed by atoms with E-state index in [-0.39, 0.29) is 11.3 Å². The highest BCUT2D eigenvalue weighted by Crippen LogP contribution is 2.19. The molecule has 0 spiro atoms. The molecule has 0 aliphatic carbocycles. The third-order valence-corrected chi connectivity index (χ3v) is 4.03. The molecule has 118 valence electrons. The van der Waals surface area contributed by atoms with Gasteiger partial charge in [0.1, 0.15) is 23.7 Å². The minimum Gasteiger partial charge on any atom is -0.467 e. The van der Waals surface area contributed by atoms with E-state index in [1.807, 2.05) is 6.07 Å². The molecular weight excluding hydrogens is 324 g/mol. The van der Waals surface area contributed by atoms with Gasteiger partial charge in [0, 0.05) is 0 Å². The van der Waals surface area contributed by atoms with Crippen LogP contribution in [0.5, 0.6) is 0 Å². The van der Waals surface area contributed by atoms with Crippen molar-refractivity contribution in [1.82, 2.24) is 14.8 Å². The number of hydrogen-bond donors (Lipinski definition) is 0. The highest BCUT2D eigenvalue weighted by Gasteiger charge is 2.15. The lowest BCUT2D eigenvalue weighted by Gasteiger charge is -2.05. The summed E-state index contributed by atoms with van der Waals surface area (Å²) in [5, 5.41) is 8.20. The maximum absolute atomic E-state index is 13.6. The molecule has 3 rings (SSSR count). The van der Waals surface area contributed by atoms with Crippen LogP contribution in [0, 0.1) is 11.6 Å². The molecule has 0 radical (unpaired) electrons. The van der Waals surface area contributed by atoms with Crippen LogP contribution < -0.4 is 0 Å². The summed E-state index contributed by atoms with van der Waals surface area (Å²) in [7, 11) is 0. The number of ketones is 1. The number of halogens is 2. The molecule has 0 fully saturated rings. The van der Waals surface area contributed by atoms with Crippen LogP contribution in [0.15, 0.2) is 52.5 Å². The molecule has 8 heteroatoms. The first-order chi connectivity index (χ1) is 11.1. The summed E-state index contributed by atoms with van der Waals surface area (Å²) < 4.78 is 33.7. The van der Waals surface area contributed by atoms with Crippen LogP contribution >= 0.6 is 11.8 Å². The van der Waals surface area contributed by atoms with E-state index in [1.54, 1.807) is 16.9 Å². The lowest BCUT2D eigenvalue weighted by molar-refractivity contribution is 0.101. The fraction of sp³-hybridized carbons (Fsp3) is 0.133. The van der Waals surface area contributed by atoms with E-state index in [4.69, 9.17) is 4.42 Å². The Labute approximate surface area is 134 Å². The van der Waals surface area contributed by atoms with Crippen molar-refractivity contribution in [2.24, 2.45) is 0 Å². The van der Waals surface area contributed by atoms with Gasteiger partial charge in [-0.2, -0.15) is 0 Å². The normalized spacial score (nSPS) is 10.9. The smallest absolute Gasteiger partial charge is 0.191 e. The number of furan rings is 1. The Hall–Kier alpha value is -2.48. The summed E-state index contributed by atoms with van der Waals surface area (Å²) >= 11 is 1.10. The molecule has 0 N–H and O–H groups in total. The molecule has 0 atom stereocenters. The second-order valence-corrected chi connectivity index (χ2v) is 5.60. The molecule has 3 aromatic rings. The summed E-state index contributed by atoms with van der Waals surface area (Å²) in [6.45, 7) is 0.421. The summed E-state index contributed by atoms with van der Waals surface area (Å²) in [5.74, 6) is -1.26. The average molecular weight is 335 g/mol. The van der Waals surface area contributed by atoms with Gasteiger partial charge in [0.2, 0.25) is 0 Å². The minimum atomic E-state index is -0.742. The van der Waals surface area contributed by atoms with Gasteiger partial charge in [-0.3, -0.25) is 4.79 Å². The molecule has 1 aromatic carbocycles. The Morgan fingerprint density at radius 2 is 2.17 bits per heavy atom. The molecule has 0 aliphatic heterocycles. The number of Topliss-reactive ketones (excluding diaryl/α,β-unsaturated/α-hetero) is 1. The average Bonchev–Trinajstić information content (AvgIpc) is 3.20. The van der Waals surface area contributed by atoms with E-state index in [1.165, 1.54) is 6.33 Å². The molecule has 0 bridgehead atoms. The zero-order chi connectivity index (χ0) is 16.2. The Bertz CT molecular complexity index is 818. The van der Waals surface area contributed by atoms with Gasteiger partial charge in [0.15, 0.2) is 10.9 Å². The second kappa shape index (κ2) is 6.74. The maximum atomic E-state index is 13.6. The third-order valence-electron chi connectivity index (χ3n) is 3.05. The number of nitrogens with zero attached hydrogens (tertiary/aromatic N) is 3. The monoisotopic (exact) mass is 335 g/mol. The first-order valence-electron chi connectivity index (χ1n) is 6.65. The highest BCUT2D eigenvalue weighted by atomic mass is 32.2. The van der Waals surface area contributed by atoms with E-state index in [2.05, 4.69) is 10.2 Å². The molecule has 0 saturated carbocycles. The summed E-state index contributed by atoms with van der Waals surface area (Å²) in [5.41, 5.74) is -0.269. The lowest BCUT2D eigenvalue weighted by atomic mass is 10.1. The summed E-state index contributed by atoms with van der Waals surface area (Å²) in [6.07, 6.45) is 3.07. The van der Waals surface area contributed by atoms with Crippen LogP contribution in [0.2, 0.25) is 0 Å². The van der Waals surface area contributed by atoms with Gasteiger partial charge in [-0.1, -0.05) is 11.8 Å². The number of benzene rings is 1. The van der Waals surface area contributed by atoms with Crippen molar-refractivity contribution in [2.45, 2.75) is 11.7 Å². The summed E-state index contributed by atoms with van der Waals surface area (Å²) in [6, 6.07) is 6.38. The first kappa shape index (κ1) is 15.4. The van der Waals surface area contributed by atoms with E-state index < -0.39 is 17.4 Å². The number of carbonyl (C=O) groups is 1. The van der Waals surface area contributed by atoms with Crippen molar-refractivity contribution in [2.75, 3.05) is 5.75 Å². The van der Waals surface area contributed by atoms with Crippen molar-refractivity contribution < 1.29 is 18.0 Å². The maximum Gasteiger partial charge on any atom is 0.191 e. The fourth-order valence-electron chi connectivity index (χ4n) is 1.95. The largest absolute Gasteiger partial charge is 0.467 e. The van der Waals surface area contributed by atoms with Crippen molar-refractivity contribution in [3.63, 3.8) is 0 Å². The van der Waals surface area contributed by atoms with Gasteiger partial charge >= 0.3 is 0 Å². The van der Waals surface area contributed by atoms with Gasteiger partial charge in [-0.05, 0) is 30.3 Å². The van der Waals surface area contributed by atoms with Crippen molar-refractivity contribution in [3.05, 3.63) is 65.9 Å². The Morgan fingerprint density at radius 1 is 1.30 bits per heavy atom. The SMILES string of the molecule is O=C(CSc1nncn1Cc1ccco1)c1cc(F)ccc1F. The van der Waals surface area contributed by atoms with Crippen LogP contribution in [0.4, 0.5) is 8.78 Å². The molecule has 2 heterocycles. The predicted octanol–water partition coefficient (Wildman–Crippen LogP) is 3.17. The van der Waals surface area contributed by atoms with Gasteiger partial charge in [-0.15, -0.1) is 10.2 Å². The molecule has 0 amide bonds. The molecule has 2 aromatic heterocycles. The lowest BCUT2D eigenvalue weighted by Crippen LogP contribution is -2.07. The third kappa shape index (κ3) is 3.65. The highest BCUT2D eigenvalue weighted by molar-refractivity contribution is 7.99. The Balaban J connectivity index is 1.68. The quantitative estimate of drug-likeness (QED) is 0.511. The number of hydrogen-bond acceptors (Lipinski definition) is 5. The zero-order valence-electron chi connectivity index (χ0n) is 11.8. The number of rotatable bonds is 6. The van der Waals surface area contributed by atoms with Crippen LogP contribution in [0.1, 0.15) is 16.1 Å². The van der Waals surface area contributed by atoms with E-state index in [0.717, 1.165) is 30.0 Å².